The van der Waals surface area contributed by atoms with E-state index in [-0.39, 0.29) is 0 Å². The fourth-order valence-electron chi connectivity index (χ4n) is 2.49. The van der Waals surface area contributed by atoms with Crippen LogP contribution in [0, 0.1) is 6.92 Å². The summed E-state index contributed by atoms with van der Waals surface area (Å²) in [5, 5.41) is 0. The zero-order valence-corrected chi connectivity index (χ0v) is 17.5. The number of benzene rings is 2. The third kappa shape index (κ3) is 5.11. The third-order valence-electron chi connectivity index (χ3n) is 3.52. The van der Waals surface area contributed by atoms with Crippen LogP contribution in [0.25, 0.3) is 17.2 Å². The van der Waals surface area contributed by atoms with Crippen LogP contribution in [0.1, 0.15) is 24.0 Å². The van der Waals surface area contributed by atoms with Gasteiger partial charge in [0.1, 0.15) is 0 Å². The molecule has 115 valence electrons. The summed E-state index contributed by atoms with van der Waals surface area (Å²) in [6.07, 6.45) is 2.27. The molecule has 0 aliphatic heterocycles. The van der Waals surface area contributed by atoms with Gasteiger partial charge in [-0.1, -0.05) is 60.2 Å². The Kier molecular flexibility index (Phi) is 6.63. The molecule has 1 aliphatic carbocycles. The molecule has 0 heterocycles. The molecule has 5 heteroatoms. The van der Waals surface area contributed by atoms with E-state index in [4.69, 9.17) is 34.1 Å². The summed E-state index contributed by atoms with van der Waals surface area (Å²) in [6.45, 7) is 6.39. The quantitative estimate of drug-likeness (QED) is 0.422. The predicted molar refractivity (Wildman–Crippen MR) is 97.0 cm³/mol. The maximum absolute atomic E-state index is 5.04. The molecule has 2 aromatic rings. The van der Waals surface area contributed by atoms with Crippen LogP contribution < -0.4 is 0 Å². The molecule has 1 aliphatic rings. The number of hydrogen-bond donors (Lipinski definition) is 0. The Morgan fingerprint density at radius 1 is 0.909 bits per heavy atom. The van der Waals surface area contributed by atoms with E-state index in [9.17, 15) is 0 Å². The molecule has 0 saturated carbocycles. The number of rotatable bonds is 1. The minimum atomic E-state index is -3.29. The van der Waals surface area contributed by atoms with Gasteiger partial charge in [-0.05, 0) is 36.1 Å². The van der Waals surface area contributed by atoms with Crippen molar-refractivity contribution in [2.24, 2.45) is 0 Å². The Bertz CT molecular complexity index is 669. The van der Waals surface area contributed by atoms with Gasteiger partial charge < -0.3 is 0 Å². The van der Waals surface area contributed by atoms with E-state index in [0.29, 0.717) is 5.92 Å². The van der Waals surface area contributed by atoms with Gasteiger partial charge in [0.15, 0.2) is 0 Å². The molecule has 0 fully saturated rings. The van der Waals surface area contributed by atoms with Crippen LogP contribution in [-0.2, 0) is 15.5 Å². The summed E-state index contributed by atoms with van der Waals surface area (Å²) < 4.78 is 0. The number of hydrogen-bond acceptors (Lipinski definition) is 0. The van der Waals surface area contributed by atoms with Gasteiger partial charge >= 0.3 is 49.5 Å². The van der Waals surface area contributed by atoms with Crippen LogP contribution in [0.2, 0.25) is 0 Å². The molecular formula is C17H15Cl4Zr. The Labute approximate surface area is 150 Å². The summed E-state index contributed by atoms with van der Waals surface area (Å²) in [4.78, 5) is 0. The predicted octanol–water partition coefficient (Wildman–Crippen LogP) is 7.44. The van der Waals surface area contributed by atoms with Crippen molar-refractivity contribution in [2.45, 2.75) is 12.8 Å². The summed E-state index contributed by atoms with van der Waals surface area (Å²) in [5.74, 6) is 0.314. The van der Waals surface area contributed by atoms with Gasteiger partial charge in [0.25, 0.3) is 0 Å². The second-order valence-electron chi connectivity index (χ2n) is 5.04. The van der Waals surface area contributed by atoms with E-state index < -0.39 is 15.5 Å². The van der Waals surface area contributed by atoms with Gasteiger partial charge in [0.2, 0.25) is 0 Å². The Morgan fingerprint density at radius 2 is 1.50 bits per heavy atom. The average Bonchev–Trinajstić information content (AvgIpc) is 2.74. The molecular weight excluding hydrogens is 437 g/mol. The molecule has 0 bridgehead atoms. The van der Waals surface area contributed by atoms with Gasteiger partial charge in [-0.25, -0.2) is 0 Å². The van der Waals surface area contributed by atoms with Crippen molar-refractivity contribution >= 4 is 40.1 Å². The molecule has 1 unspecified atom stereocenters. The van der Waals surface area contributed by atoms with Crippen molar-refractivity contribution in [1.29, 1.82) is 0 Å². The molecule has 1 atom stereocenters. The number of fused-ring (bicyclic) bond motifs is 1. The summed E-state index contributed by atoms with van der Waals surface area (Å²) >= 11 is -3.29. The monoisotopic (exact) mass is 449 g/mol. The van der Waals surface area contributed by atoms with Gasteiger partial charge in [0.05, 0.1) is 0 Å². The van der Waals surface area contributed by atoms with Crippen molar-refractivity contribution in [3.05, 3.63) is 72.2 Å². The molecule has 2 aromatic carbocycles. The molecule has 0 saturated heterocycles. The molecule has 0 spiro atoms. The third-order valence-corrected chi connectivity index (χ3v) is 3.52. The Balaban J connectivity index is 0.000000309. The van der Waals surface area contributed by atoms with Crippen molar-refractivity contribution in [1.82, 2.24) is 0 Å². The van der Waals surface area contributed by atoms with Crippen LogP contribution in [0.3, 0.4) is 0 Å². The fourth-order valence-corrected chi connectivity index (χ4v) is 2.49. The molecule has 0 nitrogen and oxygen atoms in total. The van der Waals surface area contributed by atoms with Gasteiger partial charge in [-0.15, -0.1) is 0 Å². The number of halogens is 4. The van der Waals surface area contributed by atoms with Crippen molar-refractivity contribution in [2.75, 3.05) is 0 Å². The van der Waals surface area contributed by atoms with Crippen molar-refractivity contribution in [3.63, 3.8) is 0 Å². The van der Waals surface area contributed by atoms with Crippen LogP contribution in [0.5, 0.6) is 0 Å². The van der Waals surface area contributed by atoms with E-state index in [1.165, 1.54) is 27.8 Å². The van der Waals surface area contributed by atoms with Gasteiger partial charge in [0, 0.05) is 5.92 Å². The van der Waals surface area contributed by atoms with E-state index in [2.05, 4.69) is 68.5 Å². The van der Waals surface area contributed by atoms with E-state index in [1.807, 2.05) is 0 Å². The van der Waals surface area contributed by atoms with E-state index >= 15 is 0 Å². The number of allylic oxidation sites excluding steroid dienone is 1. The van der Waals surface area contributed by atoms with Crippen molar-refractivity contribution < 1.29 is 15.5 Å². The second-order valence-corrected chi connectivity index (χ2v) is 27.4. The van der Waals surface area contributed by atoms with Crippen LogP contribution in [0.15, 0.2) is 54.1 Å². The molecule has 3 rings (SSSR count). The summed E-state index contributed by atoms with van der Waals surface area (Å²) in [6, 6.07) is 17.1. The normalized spacial score (nSPS) is 16.5. The first-order chi connectivity index (χ1) is 10.3. The Hall–Kier alpha value is 0.223. The van der Waals surface area contributed by atoms with E-state index in [0.717, 1.165) is 0 Å². The molecule has 0 N–H and O–H groups in total. The molecule has 1 radical (unpaired) electrons. The standard InChI is InChI=1S/C17H15.4ClH.Zr/c1-12-11-17-15(13(12)2)9-6-10-16(17)14-7-4-3-5-8-14;;;;;/h3-11,13H,2H2,1H3;4*1H;/q;;;;;+4/p-4. The van der Waals surface area contributed by atoms with E-state index in [1.54, 1.807) is 0 Å². The SMILES string of the molecule is [CH2]C1C(C)=Cc2c(-c3ccccc3)cccc21.[Cl][Zr]([Cl])([Cl])[Cl]. The molecule has 0 aromatic heterocycles. The molecule has 0 amide bonds. The second kappa shape index (κ2) is 7.86. The topological polar surface area (TPSA) is 0 Å². The van der Waals surface area contributed by atoms with Crippen LogP contribution in [0.4, 0.5) is 0 Å². The zero-order chi connectivity index (χ0) is 16.3. The van der Waals surface area contributed by atoms with Crippen LogP contribution >= 0.6 is 34.1 Å². The summed E-state index contributed by atoms with van der Waals surface area (Å²) in [7, 11) is 20.1. The van der Waals surface area contributed by atoms with Gasteiger partial charge in [-0.2, -0.15) is 0 Å². The summed E-state index contributed by atoms with van der Waals surface area (Å²) in [5.41, 5.74) is 6.64. The first-order valence-corrected chi connectivity index (χ1v) is 19.4. The first-order valence-electron chi connectivity index (χ1n) is 6.72. The first kappa shape index (κ1) is 18.6. The van der Waals surface area contributed by atoms with Crippen molar-refractivity contribution in [3.8, 4) is 11.1 Å². The minimum absolute atomic E-state index is 0.314. The molecule has 22 heavy (non-hydrogen) atoms. The average molecular weight is 452 g/mol. The van der Waals surface area contributed by atoms with Crippen LogP contribution in [-0.4, -0.2) is 0 Å². The van der Waals surface area contributed by atoms with Gasteiger partial charge in [-0.3, -0.25) is 0 Å². The zero-order valence-electron chi connectivity index (χ0n) is 12.0. The maximum atomic E-state index is 5.04. The fraction of sp³-hybridized carbons (Fsp3) is 0.118. The Morgan fingerprint density at radius 3 is 2.09 bits per heavy atom.